The molecule has 1 unspecified atom stereocenters. The minimum absolute atomic E-state index is 0.0667. The van der Waals surface area contributed by atoms with Gasteiger partial charge in [-0.2, -0.15) is 26.3 Å². The quantitative estimate of drug-likeness (QED) is 0.329. The Labute approximate surface area is 251 Å². The van der Waals surface area contributed by atoms with Crippen LogP contribution < -0.4 is 5.32 Å². The summed E-state index contributed by atoms with van der Waals surface area (Å²) in [5.74, 6) is -2.71. The molecule has 2 fully saturated rings. The molecule has 2 aromatic rings. The van der Waals surface area contributed by atoms with Crippen molar-refractivity contribution in [1.29, 1.82) is 0 Å². The highest BCUT2D eigenvalue weighted by molar-refractivity contribution is 5.82. The lowest BCUT2D eigenvalue weighted by Crippen LogP contribution is -2.48. The average Bonchev–Trinajstić information content (AvgIpc) is 2.94. The second-order valence-corrected chi connectivity index (χ2v) is 12.5. The van der Waals surface area contributed by atoms with Gasteiger partial charge in [-0.25, -0.2) is 4.39 Å². The lowest BCUT2D eigenvalue weighted by atomic mass is 9.78. The molecule has 12 heteroatoms. The van der Waals surface area contributed by atoms with Gasteiger partial charge in [0.25, 0.3) is 0 Å². The average molecular weight is 631 g/mol. The first kappa shape index (κ1) is 33.7. The van der Waals surface area contributed by atoms with Gasteiger partial charge >= 0.3 is 12.4 Å². The third-order valence-corrected chi connectivity index (χ3v) is 9.02. The van der Waals surface area contributed by atoms with Crippen LogP contribution in [0.1, 0.15) is 92.1 Å². The highest BCUT2D eigenvalue weighted by atomic mass is 19.4. The fourth-order valence-electron chi connectivity index (χ4n) is 6.28. The molecule has 1 aliphatic heterocycles. The maximum atomic E-state index is 13.9. The van der Waals surface area contributed by atoms with Gasteiger partial charge in [0.2, 0.25) is 11.8 Å². The first-order valence-electron chi connectivity index (χ1n) is 14.7. The van der Waals surface area contributed by atoms with Crippen LogP contribution in [0, 0.1) is 24.6 Å². The number of carbonyl (C=O) groups is 2. The minimum atomic E-state index is -4.98. The summed E-state index contributed by atoms with van der Waals surface area (Å²) in [4.78, 5) is 28.7. The summed E-state index contributed by atoms with van der Waals surface area (Å²) in [5, 5.41) is 13.0. The zero-order valence-corrected chi connectivity index (χ0v) is 24.8. The van der Waals surface area contributed by atoms with E-state index in [1.807, 2.05) is 0 Å². The Bertz CT molecular complexity index is 1330. The molecule has 1 heterocycles. The normalized spacial score (nSPS) is 25.4. The van der Waals surface area contributed by atoms with E-state index in [1.165, 1.54) is 19.1 Å². The molecule has 0 bridgehead atoms. The SMILES string of the molecule is Cc1cc(F)ccc1C1C[C@@H](C(=O)NC[C@H](C)c2cc(C(F)(F)F)cc(C(F)(F)F)c2)CCN1C(=O)C1CCC(C)(O)CC1. The highest BCUT2D eigenvalue weighted by Gasteiger charge is 2.41. The van der Waals surface area contributed by atoms with Crippen molar-refractivity contribution >= 4 is 11.8 Å². The molecule has 0 aromatic heterocycles. The summed E-state index contributed by atoms with van der Waals surface area (Å²) in [6.45, 7) is 4.94. The molecule has 4 rings (SSSR count). The van der Waals surface area contributed by atoms with Gasteiger partial charge in [0.15, 0.2) is 0 Å². The lowest BCUT2D eigenvalue weighted by Gasteiger charge is -2.43. The number of halogens is 7. The molecule has 2 aromatic carbocycles. The van der Waals surface area contributed by atoms with Gasteiger partial charge in [0, 0.05) is 24.9 Å². The standard InChI is InChI=1S/C32H37F7N2O3/c1-18-12-25(33)4-5-26(18)27-15-21(8-11-41(27)29(43)20-6-9-30(3,44)10-7-20)28(42)40-17-19(2)22-13-23(31(34,35)36)16-24(14-22)32(37,38)39/h4-5,12-14,16,19-21,27,44H,6-11,15,17H2,1-3H3,(H,40,42)/t19-,20?,21-,27?,30?/m0/s1. The third-order valence-electron chi connectivity index (χ3n) is 9.02. The first-order valence-corrected chi connectivity index (χ1v) is 14.7. The van der Waals surface area contributed by atoms with Crippen LogP contribution in [0.2, 0.25) is 0 Å². The van der Waals surface area contributed by atoms with E-state index in [1.54, 1.807) is 24.8 Å². The Morgan fingerprint density at radius 2 is 1.57 bits per heavy atom. The van der Waals surface area contributed by atoms with E-state index in [4.69, 9.17) is 0 Å². The van der Waals surface area contributed by atoms with Crippen molar-refractivity contribution in [3.8, 4) is 0 Å². The monoisotopic (exact) mass is 630 g/mol. The Hall–Kier alpha value is -3.15. The number of rotatable bonds is 6. The highest BCUT2D eigenvalue weighted by Crippen LogP contribution is 2.41. The summed E-state index contributed by atoms with van der Waals surface area (Å²) in [6.07, 6.45) is -7.44. The van der Waals surface area contributed by atoms with Crippen LogP contribution in [0.15, 0.2) is 36.4 Å². The third kappa shape index (κ3) is 7.92. The predicted molar refractivity (Wildman–Crippen MR) is 149 cm³/mol. The second-order valence-electron chi connectivity index (χ2n) is 12.5. The van der Waals surface area contributed by atoms with Crippen molar-refractivity contribution in [3.05, 3.63) is 70.0 Å². The zero-order valence-electron chi connectivity index (χ0n) is 24.8. The zero-order chi connectivity index (χ0) is 32.6. The van der Waals surface area contributed by atoms with Crippen LogP contribution in [0.4, 0.5) is 30.7 Å². The number of likely N-dealkylation sites (tertiary alicyclic amines) is 1. The van der Waals surface area contributed by atoms with Gasteiger partial charge in [-0.3, -0.25) is 9.59 Å². The van der Waals surface area contributed by atoms with Crippen LogP contribution in [-0.2, 0) is 21.9 Å². The van der Waals surface area contributed by atoms with Crippen molar-refractivity contribution < 1.29 is 45.4 Å². The number of hydrogen-bond acceptors (Lipinski definition) is 3. The number of nitrogens with zero attached hydrogens (tertiary/aromatic N) is 1. The molecular formula is C32H37F7N2O3. The number of carbonyl (C=O) groups excluding carboxylic acids is 2. The summed E-state index contributed by atoms with van der Waals surface area (Å²) in [6, 6.07) is 5.09. The van der Waals surface area contributed by atoms with Gasteiger partial charge in [-0.05, 0) is 105 Å². The second kappa shape index (κ2) is 12.7. The number of nitrogens with one attached hydrogen (secondary N) is 1. The molecule has 0 radical (unpaired) electrons. The Balaban J connectivity index is 1.50. The molecule has 3 atom stereocenters. The molecule has 1 saturated carbocycles. The number of benzene rings is 2. The van der Waals surface area contributed by atoms with E-state index >= 15 is 0 Å². The molecule has 242 valence electrons. The number of aliphatic hydroxyl groups is 1. The van der Waals surface area contributed by atoms with Crippen LogP contribution in [-0.4, -0.2) is 40.5 Å². The van der Waals surface area contributed by atoms with E-state index in [2.05, 4.69) is 5.32 Å². The lowest BCUT2D eigenvalue weighted by molar-refractivity contribution is -0.145. The molecule has 2 N–H and O–H groups in total. The predicted octanol–water partition coefficient (Wildman–Crippen LogP) is 7.31. The van der Waals surface area contributed by atoms with Crippen LogP contribution in [0.3, 0.4) is 0 Å². The van der Waals surface area contributed by atoms with Crippen molar-refractivity contribution in [3.63, 3.8) is 0 Å². The van der Waals surface area contributed by atoms with Crippen LogP contribution in [0.25, 0.3) is 0 Å². The first-order chi connectivity index (χ1) is 20.4. The topological polar surface area (TPSA) is 69.6 Å². The molecule has 2 amide bonds. The van der Waals surface area contributed by atoms with E-state index in [0.29, 0.717) is 55.4 Å². The number of piperidine rings is 1. The summed E-state index contributed by atoms with van der Waals surface area (Å²) in [7, 11) is 0. The van der Waals surface area contributed by atoms with Gasteiger partial charge in [0.05, 0.1) is 22.8 Å². The Kier molecular flexibility index (Phi) is 9.73. The van der Waals surface area contributed by atoms with Crippen LogP contribution in [0.5, 0.6) is 0 Å². The maximum Gasteiger partial charge on any atom is 0.416 e. The molecule has 0 spiro atoms. The van der Waals surface area contributed by atoms with E-state index in [-0.39, 0.29) is 43.0 Å². The summed E-state index contributed by atoms with van der Waals surface area (Å²) in [5.41, 5.74) is -2.57. The van der Waals surface area contributed by atoms with E-state index < -0.39 is 58.7 Å². The van der Waals surface area contributed by atoms with E-state index in [0.717, 1.165) is 0 Å². The molecule has 2 aliphatic rings. The van der Waals surface area contributed by atoms with Crippen molar-refractivity contribution in [2.24, 2.45) is 11.8 Å². The van der Waals surface area contributed by atoms with Crippen molar-refractivity contribution in [2.75, 3.05) is 13.1 Å². The number of alkyl halides is 6. The summed E-state index contributed by atoms with van der Waals surface area (Å²) < 4.78 is 93.9. The largest absolute Gasteiger partial charge is 0.416 e. The molecule has 1 saturated heterocycles. The van der Waals surface area contributed by atoms with Crippen molar-refractivity contribution in [2.45, 2.75) is 89.2 Å². The molecular weight excluding hydrogens is 593 g/mol. The Morgan fingerprint density at radius 3 is 2.11 bits per heavy atom. The smallest absolute Gasteiger partial charge is 0.390 e. The fraction of sp³-hybridized carbons (Fsp3) is 0.562. The van der Waals surface area contributed by atoms with Gasteiger partial charge in [0.1, 0.15) is 5.82 Å². The summed E-state index contributed by atoms with van der Waals surface area (Å²) >= 11 is 0. The number of amides is 2. The Morgan fingerprint density at radius 1 is 0.977 bits per heavy atom. The van der Waals surface area contributed by atoms with Gasteiger partial charge < -0.3 is 15.3 Å². The van der Waals surface area contributed by atoms with Crippen molar-refractivity contribution in [1.82, 2.24) is 10.2 Å². The fourth-order valence-corrected chi connectivity index (χ4v) is 6.28. The van der Waals surface area contributed by atoms with Crippen LogP contribution >= 0.6 is 0 Å². The molecule has 1 aliphatic carbocycles. The number of aryl methyl sites for hydroxylation is 1. The maximum absolute atomic E-state index is 13.9. The van der Waals surface area contributed by atoms with E-state index in [9.17, 15) is 45.4 Å². The minimum Gasteiger partial charge on any atom is -0.390 e. The van der Waals surface area contributed by atoms with Gasteiger partial charge in [-0.1, -0.05) is 13.0 Å². The van der Waals surface area contributed by atoms with Gasteiger partial charge in [-0.15, -0.1) is 0 Å². The number of hydrogen-bond donors (Lipinski definition) is 2. The molecule has 44 heavy (non-hydrogen) atoms. The molecule has 5 nitrogen and oxygen atoms in total.